The molecule has 5 fully saturated rings. The van der Waals surface area contributed by atoms with Crippen molar-refractivity contribution in [2.75, 3.05) is 33.0 Å². The molecule has 0 saturated carbocycles. The maximum Gasteiger partial charge on any atom is 0.187 e. The molecule has 23 nitrogen and oxygen atoms in total. The Hall–Kier alpha value is 0.130. The van der Waals surface area contributed by atoms with E-state index in [1.54, 1.807) is 0 Å². The van der Waals surface area contributed by atoms with Crippen LogP contribution in [0.1, 0.15) is 0 Å². The second-order valence-corrected chi connectivity index (χ2v) is 17.0. The molecule has 5 aliphatic heterocycles. The molecule has 0 bridgehead atoms. The van der Waals surface area contributed by atoms with Crippen LogP contribution in [-0.4, -0.2) is 264 Å². The summed E-state index contributed by atoms with van der Waals surface area (Å²) in [7, 11) is 0. The summed E-state index contributed by atoms with van der Waals surface area (Å²) in [6.07, 6.45) is -33.2. The van der Waals surface area contributed by atoms with E-state index in [0.29, 0.717) is 23.5 Å². The number of thiol groups is 1. The zero-order valence-electron chi connectivity index (χ0n) is 29.2. The van der Waals surface area contributed by atoms with Gasteiger partial charge in [0.25, 0.3) is 0 Å². The molecule has 0 spiro atoms. The van der Waals surface area contributed by atoms with Gasteiger partial charge in [0, 0.05) is 0 Å². The lowest BCUT2D eigenvalue weighted by atomic mass is 9.98. The van der Waals surface area contributed by atoms with Gasteiger partial charge in [0.15, 0.2) is 12.6 Å². The van der Waals surface area contributed by atoms with Crippen LogP contribution in [0.15, 0.2) is 0 Å². The minimum Gasteiger partial charge on any atom is -0.394 e. The van der Waals surface area contributed by atoms with Crippen molar-refractivity contribution in [3.8, 4) is 0 Å². The molecule has 0 radical (unpaired) electrons. The average Bonchev–Trinajstić information content (AvgIpc) is 3.19. The van der Waals surface area contributed by atoms with E-state index < -0.39 is 182 Å². The summed E-state index contributed by atoms with van der Waals surface area (Å²) in [5.41, 5.74) is -4.07. The smallest absolute Gasteiger partial charge is 0.187 e. The van der Waals surface area contributed by atoms with Crippen molar-refractivity contribution in [3.05, 3.63) is 0 Å². The highest BCUT2D eigenvalue weighted by Gasteiger charge is 2.56. The van der Waals surface area contributed by atoms with Gasteiger partial charge in [-0.15, -0.1) is 36.2 Å². The third-order valence-corrected chi connectivity index (χ3v) is 13.9. The average molecular weight is 877 g/mol. The van der Waals surface area contributed by atoms with E-state index in [4.69, 9.17) is 33.2 Å². The summed E-state index contributed by atoms with van der Waals surface area (Å²) in [6, 6.07) is 0. The third kappa shape index (κ3) is 9.60. The fourth-order valence-electron chi connectivity index (χ4n) is 7.03. The Morgan fingerprint density at radius 3 is 1.18 bits per heavy atom. The van der Waals surface area contributed by atoms with Gasteiger partial charge < -0.3 is 115 Å². The van der Waals surface area contributed by atoms with Crippen LogP contribution in [0.2, 0.25) is 0 Å². The van der Waals surface area contributed by atoms with Gasteiger partial charge in [0.05, 0.1) is 68.0 Å². The summed E-state index contributed by atoms with van der Waals surface area (Å²) in [5.74, 6) is 0. The summed E-state index contributed by atoms with van der Waals surface area (Å²) in [4.78, 5) is 0. The molecule has 0 aliphatic carbocycles. The molecule has 0 amide bonds. The SMILES string of the molecule is OC[C@@H]1O[C@H](S[C@H]2[C@H](O)[C@@H](O)[C@H](O[C@H]3[C@H](O)[C@@H](O)[C@H](S[C@H]4[C@H](O)[C@@H](O)[C@H](O[C@H]5[C@H](O)[C@@H](O)[C@H](S)O[C@H]5CO)O[C@H]4CO)O[C@H]3CO)O[C@H]2CO)[C@@H](O)[C@H](O)[C@H]1O. The highest BCUT2D eigenvalue weighted by molar-refractivity contribution is 8.00. The van der Waals surface area contributed by atoms with Gasteiger partial charge >= 0.3 is 0 Å². The molecule has 16 N–H and O–H groups in total. The zero-order chi connectivity index (χ0) is 41.3. The number of aliphatic hydroxyl groups is 16. The zero-order valence-corrected chi connectivity index (χ0v) is 31.8. The summed E-state index contributed by atoms with van der Waals surface area (Å²) >= 11 is 5.21. The van der Waals surface area contributed by atoms with E-state index in [1.165, 1.54) is 0 Å². The van der Waals surface area contributed by atoms with Crippen LogP contribution in [0, 0.1) is 0 Å². The van der Waals surface area contributed by atoms with Gasteiger partial charge in [0.2, 0.25) is 0 Å². The number of thioether (sulfide) groups is 2. The molecule has 0 unspecified atom stereocenters. The first kappa shape index (κ1) is 47.2. The van der Waals surface area contributed by atoms with Crippen LogP contribution in [-0.2, 0) is 33.2 Å². The fraction of sp³-hybridized carbons (Fsp3) is 1.00. The predicted octanol–water partition coefficient (Wildman–Crippen LogP) is -9.55. The lowest BCUT2D eigenvalue weighted by molar-refractivity contribution is -0.322. The molecule has 25 atom stereocenters. The van der Waals surface area contributed by atoms with Crippen molar-refractivity contribution in [1.82, 2.24) is 0 Å². The fourth-order valence-corrected chi connectivity index (χ4v) is 10.3. The van der Waals surface area contributed by atoms with Crippen LogP contribution in [0.25, 0.3) is 0 Å². The normalized spacial score (nSPS) is 53.2. The Balaban J connectivity index is 1.22. The van der Waals surface area contributed by atoms with E-state index in [1.807, 2.05) is 0 Å². The van der Waals surface area contributed by atoms with Gasteiger partial charge in [-0.1, -0.05) is 0 Å². The molecule has 5 heterocycles. The molecule has 328 valence electrons. The molecule has 0 aromatic rings. The Kier molecular flexibility index (Phi) is 17.1. The predicted molar refractivity (Wildman–Crippen MR) is 186 cm³/mol. The monoisotopic (exact) mass is 876 g/mol. The molecular weight excluding hydrogens is 825 g/mol. The first-order valence-electron chi connectivity index (χ1n) is 17.6. The van der Waals surface area contributed by atoms with Gasteiger partial charge in [-0.3, -0.25) is 0 Å². The lowest BCUT2D eigenvalue weighted by Gasteiger charge is -2.49. The van der Waals surface area contributed by atoms with Crippen LogP contribution in [0.3, 0.4) is 0 Å². The molecule has 5 aliphatic rings. The van der Waals surface area contributed by atoms with Crippen LogP contribution in [0.4, 0.5) is 0 Å². The maximum atomic E-state index is 11.2. The third-order valence-electron chi connectivity index (χ3n) is 10.3. The molecule has 0 aromatic heterocycles. The second-order valence-electron chi connectivity index (χ2n) is 13.9. The van der Waals surface area contributed by atoms with Gasteiger partial charge in [-0.2, -0.15) is 0 Å². The Morgan fingerprint density at radius 2 is 0.750 bits per heavy atom. The van der Waals surface area contributed by atoms with Crippen molar-refractivity contribution in [2.24, 2.45) is 0 Å². The van der Waals surface area contributed by atoms with Crippen LogP contribution < -0.4 is 0 Å². The Labute approximate surface area is 332 Å². The quantitative estimate of drug-likeness (QED) is 0.0764. The lowest BCUT2D eigenvalue weighted by Crippen LogP contribution is -2.65. The van der Waals surface area contributed by atoms with E-state index in [2.05, 4.69) is 12.6 Å². The van der Waals surface area contributed by atoms with Crippen molar-refractivity contribution < 1.29 is 115 Å². The Bertz CT molecular complexity index is 1210. The van der Waals surface area contributed by atoms with E-state index in [-0.39, 0.29) is 0 Å². The second kappa shape index (κ2) is 20.3. The highest BCUT2D eigenvalue weighted by Crippen LogP contribution is 2.42. The molecule has 5 saturated heterocycles. The van der Waals surface area contributed by atoms with Gasteiger partial charge in [0.1, 0.15) is 102 Å². The van der Waals surface area contributed by atoms with E-state index in [0.717, 1.165) is 0 Å². The number of ether oxygens (including phenoxy) is 7. The number of hydrogen-bond donors (Lipinski definition) is 17. The number of aliphatic hydroxyl groups excluding tert-OH is 16. The van der Waals surface area contributed by atoms with E-state index in [9.17, 15) is 81.7 Å². The van der Waals surface area contributed by atoms with Gasteiger partial charge in [-0.25, -0.2) is 0 Å². The van der Waals surface area contributed by atoms with Crippen molar-refractivity contribution in [1.29, 1.82) is 0 Å². The molecule has 0 aromatic carbocycles. The minimum atomic E-state index is -1.94. The number of hydrogen-bond acceptors (Lipinski definition) is 26. The van der Waals surface area contributed by atoms with Crippen LogP contribution >= 0.6 is 36.2 Å². The van der Waals surface area contributed by atoms with E-state index >= 15 is 0 Å². The minimum absolute atomic E-state index is 0.592. The standard InChI is InChI=1S/C30H52O23S3/c31-1-6-11(36)12(37)20(45)29(50-6)55-24-9(4-34)48-27(18(43)15(24)40)53-23-8(3-33)51-30(21(46)14(23)39)56-25-10(5-35)47-26(17(42)16(25)41)52-22-7(2-32)49-28(54)19(44)13(22)38/h6-46,54H,1-5H2/t6-,7-,8-,9-,10-,11-,12+,13+,14+,15+,16+,17+,18+,19+,20-,21+,22+,23+,24+,25+,26-,27-,28-,29+,30-/m0/s1. The largest absolute Gasteiger partial charge is 0.394 e. The first-order chi connectivity index (χ1) is 26.5. The molecular formula is C30H52O23S3. The molecule has 26 heteroatoms. The first-order valence-corrected chi connectivity index (χ1v) is 20.0. The maximum absolute atomic E-state index is 11.2. The highest BCUT2D eigenvalue weighted by atomic mass is 32.2. The van der Waals surface area contributed by atoms with Crippen molar-refractivity contribution in [2.45, 2.75) is 149 Å². The summed E-state index contributed by atoms with van der Waals surface area (Å²) in [6.45, 7) is -3.92. The topological polar surface area (TPSA) is 388 Å². The van der Waals surface area contributed by atoms with Gasteiger partial charge in [-0.05, 0) is 0 Å². The summed E-state index contributed by atoms with van der Waals surface area (Å²) < 4.78 is 39.3. The Morgan fingerprint density at radius 1 is 0.375 bits per heavy atom. The van der Waals surface area contributed by atoms with Crippen molar-refractivity contribution >= 4 is 36.2 Å². The van der Waals surface area contributed by atoms with Crippen molar-refractivity contribution in [3.63, 3.8) is 0 Å². The summed E-state index contributed by atoms with van der Waals surface area (Å²) in [5, 5.41) is 165. The van der Waals surface area contributed by atoms with Crippen LogP contribution in [0.5, 0.6) is 0 Å². The molecule has 56 heavy (non-hydrogen) atoms. The number of rotatable bonds is 13. The molecule has 5 rings (SSSR count).